The van der Waals surface area contributed by atoms with E-state index in [9.17, 15) is 9.59 Å². The molecule has 1 atom stereocenters. The Hall–Kier alpha value is -2.37. The molecule has 122 valence electrons. The topological polar surface area (TPSA) is 75.4 Å². The van der Waals surface area contributed by atoms with Gasteiger partial charge in [0.15, 0.2) is 11.5 Å². The van der Waals surface area contributed by atoms with Gasteiger partial charge < -0.3 is 14.6 Å². The molecule has 1 unspecified atom stereocenters. The first kappa shape index (κ1) is 15.5. The fourth-order valence-corrected chi connectivity index (χ4v) is 3.10. The molecule has 1 aliphatic heterocycles. The van der Waals surface area contributed by atoms with Gasteiger partial charge in [-0.05, 0) is 38.0 Å². The van der Waals surface area contributed by atoms with Crippen LogP contribution >= 0.6 is 0 Å². The van der Waals surface area contributed by atoms with E-state index in [1.807, 2.05) is 6.92 Å². The Morgan fingerprint density at radius 2 is 2.17 bits per heavy atom. The number of piperidine rings is 1. The van der Waals surface area contributed by atoms with Crippen molar-refractivity contribution >= 4 is 28.6 Å². The number of aryl methyl sites for hydroxylation is 1. The number of carbonyl (C=O) groups excluding carboxylic acids is 2. The Bertz CT molecular complexity index is 768. The Kier molecular flexibility index (Phi) is 3.83. The summed E-state index contributed by atoms with van der Waals surface area (Å²) in [7, 11) is 0. The molecule has 6 heteroatoms. The molecule has 0 saturated carbocycles. The summed E-state index contributed by atoms with van der Waals surface area (Å²) in [5.74, 6) is 0.547. The maximum atomic E-state index is 12.7. The van der Waals surface area contributed by atoms with Gasteiger partial charge in [-0.2, -0.15) is 0 Å². The smallest absolute Gasteiger partial charge is 0.232 e. The largest absolute Gasteiger partial charge is 0.441 e. The van der Waals surface area contributed by atoms with Gasteiger partial charge in [-0.15, -0.1) is 0 Å². The maximum Gasteiger partial charge on any atom is 0.232 e. The van der Waals surface area contributed by atoms with Crippen molar-refractivity contribution in [2.24, 2.45) is 5.41 Å². The zero-order chi connectivity index (χ0) is 16.6. The lowest BCUT2D eigenvalue weighted by molar-refractivity contribution is -0.136. The SMILES string of the molecule is CC(=O)N1CCCC(C)(C(=O)Nc2ccc3oc(C)nc3c2)C1. The van der Waals surface area contributed by atoms with Gasteiger partial charge in [0.2, 0.25) is 11.8 Å². The van der Waals surface area contributed by atoms with Gasteiger partial charge >= 0.3 is 0 Å². The molecule has 2 amide bonds. The predicted octanol–water partition coefficient (Wildman–Crippen LogP) is 2.72. The summed E-state index contributed by atoms with van der Waals surface area (Å²) >= 11 is 0. The highest BCUT2D eigenvalue weighted by molar-refractivity contribution is 5.97. The van der Waals surface area contributed by atoms with Crippen LogP contribution in [0.3, 0.4) is 0 Å². The number of nitrogens with zero attached hydrogens (tertiary/aromatic N) is 2. The number of rotatable bonds is 2. The van der Waals surface area contributed by atoms with Crippen molar-refractivity contribution in [2.45, 2.75) is 33.6 Å². The van der Waals surface area contributed by atoms with E-state index in [4.69, 9.17) is 4.42 Å². The van der Waals surface area contributed by atoms with Crippen LogP contribution in [0.5, 0.6) is 0 Å². The standard InChI is InChI=1S/C17H21N3O3/c1-11-18-14-9-13(5-6-15(14)23-11)19-16(22)17(3)7-4-8-20(10-17)12(2)21/h5-6,9H,4,7-8,10H2,1-3H3,(H,19,22). The fourth-order valence-electron chi connectivity index (χ4n) is 3.10. The van der Waals surface area contributed by atoms with Crippen LogP contribution < -0.4 is 5.32 Å². The first-order chi connectivity index (χ1) is 10.9. The normalized spacial score (nSPS) is 21.4. The van der Waals surface area contributed by atoms with E-state index in [0.29, 0.717) is 23.7 Å². The third-order valence-corrected chi connectivity index (χ3v) is 4.44. The Balaban J connectivity index is 1.77. The first-order valence-electron chi connectivity index (χ1n) is 7.81. The number of nitrogens with one attached hydrogen (secondary N) is 1. The second kappa shape index (κ2) is 5.68. The van der Waals surface area contributed by atoms with Crippen molar-refractivity contribution < 1.29 is 14.0 Å². The van der Waals surface area contributed by atoms with Crippen molar-refractivity contribution in [1.82, 2.24) is 9.88 Å². The molecule has 2 aromatic rings. The van der Waals surface area contributed by atoms with Gasteiger partial charge in [-0.25, -0.2) is 4.98 Å². The average Bonchev–Trinajstić information content (AvgIpc) is 2.86. The highest BCUT2D eigenvalue weighted by atomic mass is 16.3. The molecule has 1 aliphatic rings. The molecule has 0 aliphatic carbocycles. The highest BCUT2D eigenvalue weighted by Gasteiger charge is 2.38. The molecule has 1 fully saturated rings. The number of aromatic nitrogens is 1. The number of amides is 2. The second-order valence-corrected chi connectivity index (χ2v) is 6.47. The average molecular weight is 315 g/mol. The Labute approximate surface area is 134 Å². The van der Waals surface area contributed by atoms with Crippen LogP contribution in [-0.4, -0.2) is 34.8 Å². The van der Waals surface area contributed by atoms with E-state index in [-0.39, 0.29) is 11.8 Å². The summed E-state index contributed by atoms with van der Waals surface area (Å²) in [5.41, 5.74) is 1.54. The minimum absolute atomic E-state index is 0.0169. The first-order valence-corrected chi connectivity index (χ1v) is 7.81. The lowest BCUT2D eigenvalue weighted by Crippen LogP contribution is -2.49. The maximum absolute atomic E-state index is 12.7. The van der Waals surface area contributed by atoms with Crippen molar-refractivity contribution in [3.05, 3.63) is 24.1 Å². The molecule has 1 aromatic heterocycles. The molecule has 0 spiro atoms. The minimum atomic E-state index is -0.571. The van der Waals surface area contributed by atoms with Crippen molar-refractivity contribution in [1.29, 1.82) is 0 Å². The van der Waals surface area contributed by atoms with Crippen LogP contribution in [0.15, 0.2) is 22.6 Å². The summed E-state index contributed by atoms with van der Waals surface area (Å²) in [6.07, 6.45) is 1.61. The number of oxazole rings is 1. The van der Waals surface area contributed by atoms with E-state index in [0.717, 1.165) is 24.9 Å². The number of hydrogen-bond donors (Lipinski definition) is 1. The number of fused-ring (bicyclic) bond motifs is 1. The van der Waals surface area contributed by atoms with Gasteiger partial charge in [0.05, 0.1) is 5.41 Å². The van der Waals surface area contributed by atoms with Crippen LogP contribution in [0.25, 0.3) is 11.1 Å². The lowest BCUT2D eigenvalue weighted by atomic mass is 9.81. The molecule has 6 nitrogen and oxygen atoms in total. The molecular formula is C17H21N3O3. The van der Waals surface area contributed by atoms with E-state index >= 15 is 0 Å². The molecule has 2 heterocycles. The van der Waals surface area contributed by atoms with Crippen LogP contribution in [-0.2, 0) is 9.59 Å². The number of likely N-dealkylation sites (tertiary alicyclic amines) is 1. The van der Waals surface area contributed by atoms with Gasteiger partial charge in [0.1, 0.15) is 5.52 Å². The third kappa shape index (κ3) is 3.06. The highest BCUT2D eigenvalue weighted by Crippen LogP contribution is 2.31. The van der Waals surface area contributed by atoms with E-state index in [1.165, 1.54) is 0 Å². The van der Waals surface area contributed by atoms with Crippen LogP contribution in [0.4, 0.5) is 5.69 Å². The summed E-state index contributed by atoms with van der Waals surface area (Å²) < 4.78 is 5.44. The van der Waals surface area contributed by atoms with Crippen LogP contribution in [0.1, 0.15) is 32.6 Å². The molecule has 23 heavy (non-hydrogen) atoms. The van der Waals surface area contributed by atoms with Crippen molar-refractivity contribution in [3.63, 3.8) is 0 Å². The van der Waals surface area contributed by atoms with Crippen molar-refractivity contribution in [2.75, 3.05) is 18.4 Å². The molecule has 0 radical (unpaired) electrons. The van der Waals surface area contributed by atoms with E-state index in [1.54, 1.807) is 36.9 Å². The van der Waals surface area contributed by atoms with Crippen molar-refractivity contribution in [3.8, 4) is 0 Å². The number of anilines is 1. The lowest BCUT2D eigenvalue weighted by Gasteiger charge is -2.38. The van der Waals surface area contributed by atoms with Crippen LogP contribution in [0.2, 0.25) is 0 Å². The summed E-state index contributed by atoms with van der Waals surface area (Å²) in [5, 5.41) is 2.95. The zero-order valence-electron chi connectivity index (χ0n) is 13.7. The molecule has 1 saturated heterocycles. The predicted molar refractivity (Wildman–Crippen MR) is 87.0 cm³/mol. The summed E-state index contributed by atoms with van der Waals surface area (Å²) in [6.45, 7) is 6.43. The molecule has 1 aromatic carbocycles. The number of hydrogen-bond acceptors (Lipinski definition) is 4. The molecule has 3 rings (SSSR count). The Morgan fingerprint density at radius 3 is 2.91 bits per heavy atom. The molecule has 0 bridgehead atoms. The quantitative estimate of drug-likeness (QED) is 0.924. The van der Waals surface area contributed by atoms with E-state index in [2.05, 4.69) is 10.3 Å². The van der Waals surface area contributed by atoms with Crippen LogP contribution in [0, 0.1) is 12.3 Å². The summed E-state index contributed by atoms with van der Waals surface area (Å²) in [4.78, 5) is 30.3. The Morgan fingerprint density at radius 1 is 1.39 bits per heavy atom. The monoisotopic (exact) mass is 315 g/mol. The molecular weight excluding hydrogens is 294 g/mol. The summed E-state index contributed by atoms with van der Waals surface area (Å²) in [6, 6.07) is 5.41. The number of benzene rings is 1. The zero-order valence-corrected chi connectivity index (χ0v) is 13.7. The minimum Gasteiger partial charge on any atom is -0.441 e. The van der Waals surface area contributed by atoms with Gasteiger partial charge in [0, 0.05) is 32.6 Å². The number of carbonyl (C=O) groups is 2. The van der Waals surface area contributed by atoms with Gasteiger partial charge in [0.25, 0.3) is 0 Å². The second-order valence-electron chi connectivity index (χ2n) is 6.47. The third-order valence-electron chi connectivity index (χ3n) is 4.44. The molecule has 1 N–H and O–H groups in total. The fraction of sp³-hybridized carbons (Fsp3) is 0.471. The van der Waals surface area contributed by atoms with Gasteiger partial charge in [-0.1, -0.05) is 0 Å². The van der Waals surface area contributed by atoms with E-state index < -0.39 is 5.41 Å². The van der Waals surface area contributed by atoms with Gasteiger partial charge in [-0.3, -0.25) is 9.59 Å².